The highest BCUT2D eigenvalue weighted by molar-refractivity contribution is 5.38. The summed E-state index contributed by atoms with van der Waals surface area (Å²) >= 11 is 0. The number of hydrogen-bond donors (Lipinski definition) is 1. The fourth-order valence-corrected chi connectivity index (χ4v) is 2.19. The minimum absolute atomic E-state index is 0.00444. The van der Waals surface area contributed by atoms with E-state index in [-0.39, 0.29) is 5.56 Å². The van der Waals surface area contributed by atoms with Crippen molar-refractivity contribution in [2.45, 2.75) is 33.6 Å². The molecule has 0 radical (unpaired) electrons. The van der Waals surface area contributed by atoms with Crippen LogP contribution in [0.4, 0.5) is 0 Å². The first kappa shape index (κ1) is 11.7. The summed E-state index contributed by atoms with van der Waals surface area (Å²) in [5, 5.41) is 2.90. The summed E-state index contributed by atoms with van der Waals surface area (Å²) in [5.74, 6) is 0.314. The summed E-state index contributed by atoms with van der Waals surface area (Å²) in [6.45, 7) is 8.12. The lowest BCUT2D eigenvalue weighted by molar-refractivity contribution is 0.727. The Kier molecular flexibility index (Phi) is 2.92. The fraction of sp³-hybridized carbons (Fsp3) is 0.357. The molecular weight excluding hydrogens is 212 g/mol. The first-order valence-electron chi connectivity index (χ1n) is 5.89. The van der Waals surface area contributed by atoms with Crippen LogP contribution in [0.25, 0.3) is 5.69 Å². The van der Waals surface area contributed by atoms with Crippen molar-refractivity contribution in [3.05, 3.63) is 51.4 Å². The molecule has 1 aromatic carbocycles. The second-order valence-corrected chi connectivity index (χ2v) is 4.78. The number of nitrogens with zero attached hydrogens (tertiary/aromatic N) is 1. The molecule has 2 rings (SSSR count). The number of hydrogen-bond acceptors (Lipinski definition) is 1. The van der Waals surface area contributed by atoms with Crippen molar-refractivity contribution < 1.29 is 0 Å². The van der Waals surface area contributed by atoms with Crippen LogP contribution in [0.2, 0.25) is 0 Å². The Morgan fingerprint density at radius 1 is 1.24 bits per heavy atom. The number of aromatic amines is 1. The standard InChI is InChI=1S/C14H18N2O/c1-9(2)13-11(4)14(17)15-16(13)12-7-5-6-10(3)8-12/h5-9H,1-4H3,(H,15,17). The van der Waals surface area contributed by atoms with Crippen molar-refractivity contribution in [1.29, 1.82) is 0 Å². The first-order chi connectivity index (χ1) is 8.00. The molecule has 0 aliphatic rings. The summed E-state index contributed by atoms with van der Waals surface area (Å²) in [4.78, 5) is 11.7. The van der Waals surface area contributed by atoms with E-state index in [1.165, 1.54) is 5.56 Å². The smallest absolute Gasteiger partial charge is 0.267 e. The van der Waals surface area contributed by atoms with Crippen LogP contribution in [0.3, 0.4) is 0 Å². The molecule has 2 aromatic rings. The number of benzene rings is 1. The highest BCUT2D eigenvalue weighted by atomic mass is 16.1. The van der Waals surface area contributed by atoms with E-state index in [0.717, 1.165) is 16.9 Å². The zero-order chi connectivity index (χ0) is 12.6. The molecule has 1 N–H and O–H groups in total. The van der Waals surface area contributed by atoms with E-state index in [2.05, 4.69) is 25.0 Å². The van der Waals surface area contributed by atoms with Crippen LogP contribution in [0.5, 0.6) is 0 Å². The maximum atomic E-state index is 11.7. The molecule has 0 saturated carbocycles. The number of aromatic nitrogens is 2. The quantitative estimate of drug-likeness (QED) is 0.846. The molecule has 1 aromatic heterocycles. The van der Waals surface area contributed by atoms with Crippen molar-refractivity contribution in [2.75, 3.05) is 0 Å². The maximum absolute atomic E-state index is 11.7. The van der Waals surface area contributed by atoms with Gasteiger partial charge in [0.1, 0.15) is 0 Å². The Balaban J connectivity index is 2.67. The fourth-order valence-electron chi connectivity index (χ4n) is 2.19. The van der Waals surface area contributed by atoms with Crippen LogP contribution < -0.4 is 5.56 Å². The molecule has 0 spiro atoms. The molecule has 3 nitrogen and oxygen atoms in total. The van der Waals surface area contributed by atoms with E-state index in [0.29, 0.717) is 5.92 Å². The van der Waals surface area contributed by atoms with E-state index in [4.69, 9.17) is 0 Å². The number of aryl methyl sites for hydroxylation is 1. The van der Waals surface area contributed by atoms with Crippen LogP contribution in [0.1, 0.15) is 36.6 Å². The van der Waals surface area contributed by atoms with Gasteiger partial charge < -0.3 is 0 Å². The second kappa shape index (κ2) is 4.24. The minimum atomic E-state index is -0.00444. The van der Waals surface area contributed by atoms with E-state index < -0.39 is 0 Å². The zero-order valence-electron chi connectivity index (χ0n) is 10.7. The van der Waals surface area contributed by atoms with Gasteiger partial charge in [-0.3, -0.25) is 14.6 Å². The Bertz CT molecular complexity index is 591. The predicted molar refractivity (Wildman–Crippen MR) is 70.0 cm³/mol. The van der Waals surface area contributed by atoms with Crippen molar-refractivity contribution in [2.24, 2.45) is 0 Å². The van der Waals surface area contributed by atoms with Crippen molar-refractivity contribution in [3.8, 4) is 5.69 Å². The third-order valence-electron chi connectivity index (χ3n) is 2.99. The Morgan fingerprint density at radius 2 is 1.94 bits per heavy atom. The van der Waals surface area contributed by atoms with Gasteiger partial charge in [-0.25, -0.2) is 0 Å². The van der Waals surface area contributed by atoms with Gasteiger partial charge in [0, 0.05) is 5.56 Å². The molecular formula is C14H18N2O. The number of H-pyrrole nitrogens is 1. The van der Waals surface area contributed by atoms with Gasteiger partial charge in [0.15, 0.2) is 0 Å². The van der Waals surface area contributed by atoms with Gasteiger partial charge in [-0.1, -0.05) is 26.0 Å². The van der Waals surface area contributed by atoms with Gasteiger partial charge in [-0.15, -0.1) is 0 Å². The number of rotatable bonds is 2. The maximum Gasteiger partial charge on any atom is 0.267 e. The monoisotopic (exact) mass is 230 g/mol. The zero-order valence-corrected chi connectivity index (χ0v) is 10.7. The third kappa shape index (κ3) is 2.05. The highest BCUT2D eigenvalue weighted by Crippen LogP contribution is 2.20. The Morgan fingerprint density at radius 3 is 2.53 bits per heavy atom. The van der Waals surface area contributed by atoms with Crippen LogP contribution in [0, 0.1) is 13.8 Å². The summed E-state index contributed by atoms with van der Waals surface area (Å²) in [6.07, 6.45) is 0. The highest BCUT2D eigenvalue weighted by Gasteiger charge is 2.15. The van der Waals surface area contributed by atoms with Crippen LogP contribution >= 0.6 is 0 Å². The molecule has 0 saturated heterocycles. The topological polar surface area (TPSA) is 37.8 Å². The Labute approximate surface area is 101 Å². The van der Waals surface area contributed by atoms with Crippen LogP contribution in [0.15, 0.2) is 29.1 Å². The molecule has 0 amide bonds. The molecule has 3 heteroatoms. The van der Waals surface area contributed by atoms with Gasteiger partial charge in [-0.2, -0.15) is 0 Å². The summed E-state index contributed by atoms with van der Waals surface area (Å²) in [7, 11) is 0. The summed E-state index contributed by atoms with van der Waals surface area (Å²) in [5.41, 5.74) is 4.06. The second-order valence-electron chi connectivity index (χ2n) is 4.78. The normalized spacial score (nSPS) is 11.1. The SMILES string of the molecule is Cc1cccc(-n2[nH]c(=O)c(C)c2C(C)C)c1. The third-order valence-corrected chi connectivity index (χ3v) is 2.99. The first-order valence-corrected chi connectivity index (χ1v) is 5.89. The molecule has 90 valence electrons. The molecule has 0 bridgehead atoms. The van der Waals surface area contributed by atoms with E-state index in [9.17, 15) is 4.79 Å². The Hall–Kier alpha value is -1.77. The van der Waals surface area contributed by atoms with E-state index in [1.807, 2.05) is 36.7 Å². The lowest BCUT2D eigenvalue weighted by Crippen LogP contribution is -2.06. The molecule has 0 unspecified atom stereocenters. The van der Waals surface area contributed by atoms with E-state index >= 15 is 0 Å². The van der Waals surface area contributed by atoms with Crippen LogP contribution in [-0.2, 0) is 0 Å². The largest absolute Gasteiger partial charge is 0.268 e. The predicted octanol–water partition coefficient (Wildman–Crippen LogP) is 2.91. The average molecular weight is 230 g/mol. The lowest BCUT2D eigenvalue weighted by atomic mass is 10.1. The van der Waals surface area contributed by atoms with Gasteiger partial charge in [0.25, 0.3) is 5.56 Å². The van der Waals surface area contributed by atoms with Gasteiger partial charge in [0.05, 0.1) is 11.4 Å². The number of nitrogens with one attached hydrogen (secondary N) is 1. The van der Waals surface area contributed by atoms with Gasteiger partial charge >= 0.3 is 0 Å². The molecule has 17 heavy (non-hydrogen) atoms. The molecule has 0 fully saturated rings. The van der Waals surface area contributed by atoms with Gasteiger partial charge in [-0.05, 0) is 37.5 Å². The summed E-state index contributed by atoms with van der Waals surface area (Å²) in [6, 6.07) is 8.13. The molecule has 0 atom stereocenters. The van der Waals surface area contributed by atoms with Crippen molar-refractivity contribution in [3.63, 3.8) is 0 Å². The lowest BCUT2D eigenvalue weighted by Gasteiger charge is -2.12. The van der Waals surface area contributed by atoms with Gasteiger partial charge in [0.2, 0.25) is 0 Å². The van der Waals surface area contributed by atoms with Crippen molar-refractivity contribution in [1.82, 2.24) is 9.78 Å². The summed E-state index contributed by atoms with van der Waals surface area (Å²) < 4.78 is 1.90. The van der Waals surface area contributed by atoms with Crippen molar-refractivity contribution >= 4 is 0 Å². The molecule has 1 heterocycles. The molecule has 0 aliphatic carbocycles. The van der Waals surface area contributed by atoms with Crippen LogP contribution in [-0.4, -0.2) is 9.78 Å². The van der Waals surface area contributed by atoms with E-state index in [1.54, 1.807) is 0 Å². The average Bonchev–Trinajstić information content (AvgIpc) is 2.55. The minimum Gasteiger partial charge on any atom is -0.268 e. The molecule has 0 aliphatic heterocycles.